The zero-order valence-electron chi connectivity index (χ0n) is 12.1. The molecule has 0 saturated heterocycles. The van der Waals surface area contributed by atoms with Crippen molar-refractivity contribution in [3.05, 3.63) is 33.5 Å². The van der Waals surface area contributed by atoms with Crippen LogP contribution >= 0.6 is 22.6 Å². The van der Waals surface area contributed by atoms with Crippen LogP contribution in [0.25, 0.3) is 0 Å². The number of hydrogen-bond donors (Lipinski definition) is 1. The van der Waals surface area contributed by atoms with Gasteiger partial charge in [0.15, 0.2) is 5.78 Å². The minimum atomic E-state index is -4.70. The maximum Gasteiger partial charge on any atom is 0.573 e. The molecule has 0 atom stereocenters. The third kappa shape index (κ3) is 4.62. The molecule has 1 aromatic rings. The number of nitrogens with one attached hydrogen (secondary N) is 1. The summed E-state index contributed by atoms with van der Waals surface area (Å²) in [5.41, 5.74) is 1.28. The van der Waals surface area contributed by atoms with Gasteiger partial charge in [-0.25, -0.2) is 0 Å². The Morgan fingerprint density at radius 1 is 1.18 bits per heavy atom. The maximum absolute atomic E-state index is 12.1. The molecule has 0 unspecified atom stereocenters. The molecule has 120 valence electrons. The number of carbonyl (C=O) groups excluding carboxylic acids is 1. The molecule has 22 heavy (non-hydrogen) atoms. The van der Waals surface area contributed by atoms with Crippen molar-refractivity contribution < 1.29 is 22.7 Å². The van der Waals surface area contributed by atoms with Gasteiger partial charge in [-0.15, -0.1) is 13.2 Å². The van der Waals surface area contributed by atoms with E-state index in [0.717, 1.165) is 5.70 Å². The zero-order chi connectivity index (χ0) is 16.5. The predicted molar refractivity (Wildman–Crippen MR) is 85.8 cm³/mol. The summed E-state index contributed by atoms with van der Waals surface area (Å²) >= 11 is 2.01. The highest BCUT2D eigenvalue weighted by atomic mass is 127. The monoisotopic (exact) mass is 425 g/mol. The van der Waals surface area contributed by atoms with E-state index in [2.05, 4.69) is 10.1 Å². The highest BCUT2D eigenvalue weighted by molar-refractivity contribution is 14.1. The molecule has 0 aromatic heterocycles. The number of allylic oxidation sites excluding steroid dienone is 2. The van der Waals surface area contributed by atoms with Gasteiger partial charge < -0.3 is 10.1 Å². The summed E-state index contributed by atoms with van der Waals surface area (Å²) < 4.78 is 40.8. The topological polar surface area (TPSA) is 38.3 Å². The number of hydrogen-bond acceptors (Lipinski definition) is 3. The summed E-state index contributed by atoms with van der Waals surface area (Å²) in [6.45, 7) is 4.02. The average Bonchev–Trinajstić information content (AvgIpc) is 2.35. The molecule has 0 saturated carbocycles. The van der Waals surface area contributed by atoms with Crippen LogP contribution in [0.5, 0.6) is 5.75 Å². The van der Waals surface area contributed by atoms with Crippen LogP contribution in [-0.4, -0.2) is 12.1 Å². The van der Waals surface area contributed by atoms with Crippen molar-refractivity contribution in [3.63, 3.8) is 0 Å². The van der Waals surface area contributed by atoms with Crippen molar-refractivity contribution in [1.29, 1.82) is 0 Å². The molecule has 1 aliphatic rings. The van der Waals surface area contributed by atoms with Crippen LogP contribution < -0.4 is 10.1 Å². The first-order valence-electron chi connectivity index (χ1n) is 6.60. The lowest BCUT2D eigenvalue weighted by molar-refractivity contribution is -0.274. The second kappa shape index (κ2) is 6.10. The Kier molecular flexibility index (Phi) is 4.74. The minimum Gasteiger partial charge on any atom is -0.406 e. The third-order valence-corrected chi connectivity index (χ3v) is 4.44. The van der Waals surface area contributed by atoms with Crippen LogP contribution in [0.15, 0.2) is 33.5 Å². The van der Waals surface area contributed by atoms with E-state index in [-0.39, 0.29) is 16.9 Å². The number of ketones is 1. The van der Waals surface area contributed by atoms with Gasteiger partial charge in [-0.3, -0.25) is 4.79 Å². The van der Waals surface area contributed by atoms with Crippen LogP contribution in [0, 0.1) is 5.41 Å². The minimum absolute atomic E-state index is 0.0800. The number of carbonyl (C=O) groups is 1. The molecule has 0 bridgehead atoms. The van der Waals surface area contributed by atoms with Crippen LogP contribution in [0.2, 0.25) is 0 Å². The Morgan fingerprint density at radius 3 is 2.32 bits per heavy atom. The van der Waals surface area contributed by atoms with E-state index in [0.29, 0.717) is 22.1 Å². The normalized spacial score (nSPS) is 18.4. The van der Waals surface area contributed by atoms with Gasteiger partial charge >= 0.3 is 6.36 Å². The molecule has 0 fully saturated rings. The summed E-state index contributed by atoms with van der Waals surface area (Å²) in [6, 6.07) is 5.45. The lowest BCUT2D eigenvalue weighted by atomic mass is 9.79. The Labute approximate surface area is 140 Å². The smallest absolute Gasteiger partial charge is 0.406 e. The van der Waals surface area contributed by atoms with Crippen molar-refractivity contribution in [2.45, 2.75) is 33.1 Å². The zero-order valence-corrected chi connectivity index (χ0v) is 14.2. The van der Waals surface area contributed by atoms with Gasteiger partial charge in [0.1, 0.15) is 5.75 Å². The van der Waals surface area contributed by atoms with Gasteiger partial charge in [-0.05, 0) is 58.7 Å². The van der Waals surface area contributed by atoms with E-state index in [1.54, 1.807) is 0 Å². The van der Waals surface area contributed by atoms with E-state index in [1.165, 1.54) is 24.3 Å². The molecule has 7 heteroatoms. The maximum atomic E-state index is 12.1. The standard InChI is InChI=1S/C15H15F3INO2/c1-14(2)7-11(13(19)12(21)8-14)20-9-3-5-10(6-4-9)22-15(16,17)18/h3-6,20H,7-8H2,1-2H3. The SMILES string of the molecule is CC1(C)CC(=O)C(I)=C(Nc2ccc(OC(F)(F)F)cc2)C1. The molecule has 0 spiro atoms. The second-order valence-corrected chi connectivity index (χ2v) is 7.01. The number of Topliss-reactive ketones (excluding diaryl/α,β-unsaturated/α-hetero) is 1. The first kappa shape index (κ1) is 17.1. The summed E-state index contributed by atoms with van der Waals surface area (Å²) in [7, 11) is 0. The fourth-order valence-corrected chi connectivity index (χ4v) is 2.83. The van der Waals surface area contributed by atoms with Crippen LogP contribution in [0.3, 0.4) is 0 Å². The number of anilines is 1. The molecule has 0 aliphatic heterocycles. The summed E-state index contributed by atoms with van der Waals surface area (Å²) in [6.07, 6.45) is -3.50. The summed E-state index contributed by atoms with van der Waals surface area (Å²) in [5.74, 6) is -0.196. The van der Waals surface area contributed by atoms with E-state index in [1.807, 2.05) is 36.4 Å². The third-order valence-electron chi connectivity index (χ3n) is 3.19. The summed E-state index contributed by atoms with van der Waals surface area (Å²) in [4.78, 5) is 12.0. The fourth-order valence-electron chi connectivity index (χ4n) is 2.31. The lowest BCUT2D eigenvalue weighted by Crippen LogP contribution is -2.26. The molecular formula is C15H15F3INO2. The quantitative estimate of drug-likeness (QED) is 0.691. The average molecular weight is 425 g/mol. The van der Waals surface area contributed by atoms with Crippen LogP contribution in [0.4, 0.5) is 18.9 Å². The van der Waals surface area contributed by atoms with Gasteiger partial charge in [0.25, 0.3) is 0 Å². The van der Waals surface area contributed by atoms with E-state index in [9.17, 15) is 18.0 Å². The van der Waals surface area contributed by atoms with Gasteiger partial charge in [-0.2, -0.15) is 0 Å². The number of benzene rings is 1. The van der Waals surface area contributed by atoms with Gasteiger partial charge in [-0.1, -0.05) is 13.8 Å². The molecule has 0 amide bonds. The first-order valence-corrected chi connectivity index (χ1v) is 7.68. The van der Waals surface area contributed by atoms with Crippen molar-refractivity contribution in [1.82, 2.24) is 0 Å². The summed E-state index contributed by atoms with van der Waals surface area (Å²) in [5, 5.41) is 3.12. The van der Waals surface area contributed by atoms with Gasteiger partial charge in [0, 0.05) is 17.8 Å². The van der Waals surface area contributed by atoms with Crippen LogP contribution in [0.1, 0.15) is 26.7 Å². The molecule has 1 aliphatic carbocycles. The van der Waals surface area contributed by atoms with E-state index < -0.39 is 6.36 Å². The molecular weight excluding hydrogens is 410 g/mol. The molecule has 2 rings (SSSR count). The van der Waals surface area contributed by atoms with E-state index in [4.69, 9.17) is 0 Å². The highest BCUT2D eigenvalue weighted by Gasteiger charge is 2.32. The Balaban J connectivity index is 2.14. The Hall–Kier alpha value is -1.25. The lowest BCUT2D eigenvalue weighted by Gasteiger charge is -2.31. The number of rotatable bonds is 3. The predicted octanol–water partition coefficient (Wildman–Crippen LogP) is 5.03. The van der Waals surface area contributed by atoms with Crippen molar-refractivity contribution in [2.24, 2.45) is 5.41 Å². The molecule has 1 aromatic carbocycles. The first-order chi connectivity index (χ1) is 10.1. The van der Waals surface area contributed by atoms with Crippen molar-refractivity contribution in [3.8, 4) is 5.75 Å². The molecule has 0 heterocycles. The van der Waals surface area contributed by atoms with Gasteiger partial charge in [0.2, 0.25) is 0 Å². The number of alkyl halides is 3. The molecule has 3 nitrogen and oxygen atoms in total. The van der Waals surface area contributed by atoms with Crippen LogP contribution in [-0.2, 0) is 4.79 Å². The van der Waals surface area contributed by atoms with Crippen molar-refractivity contribution >= 4 is 34.1 Å². The fraction of sp³-hybridized carbons (Fsp3) is 0.400. The number of ether oxygens (including phenoxy) is 1. The van der Waals surface area contributed by atoms with E-state index >= 15 is 0 Å². The van der Waals surface area contributed by atoms with Crippen molar-refractivity contribution in [2.75, 3.05) is 5.32 Å². The second-order valence-electron chi connectivity index (χ2n) is 5.93. The molecule has 0 radical (unpaired) electrons. The highest BCUT2D eigenvalue weighted by Crippen LogP contribution is 2.39. The largest absolute Gasteiger partial charge is 0.573 e. The Bertz CT molecular complexity index is 606. The van der Waals surface area contributed by atoms with Gasteiger partial charge in [0.05, 0.1) is 3.58 Å². The Morgan fingerprint density at radius 2 is 1.77 bits per heavy atom. The molecule has 1 N–H and O–H groups in total. The number of halogens is 4.